The minimum absolute atomic E-state index is 0.971. The SMILES string of the molecule is CC.c1ccc(CCc2ccnc(CCN3CCCCC3)n2)cc1. The van der Waals surface area contributed by atoms with Crippen LogP contribution in [0.15, 0.2) is 42.6 Å². The molecule has 0 radical (unpaired) electrons. The van der Waals surface area contributed by atoms with E-state index in [0.717, 1.165) is 37.3 Å². The van der Waals surface area contributed by atoms with Crippen LogP contribution in [-0.2, 0) is 19.3 Å². The molecular formula is C21H31N3. The molecule has 1 aromatic heterocycles. The Balaban J connectivity index is 0.00000100. The summed E-state index contributed by atoms with van der Waals surface area (Å²) < 4.78 is 0. The largest absolute Gasteiger partial charge is 0.303 e. The zero-order valence-electron chi connectivity index (χ0n) is 15.2. The summed E-state index contributed by atoms with van der Waals surface area (Å²) in [4.78, 5) is 11.7. The highest BCUT2D eigenvalue weighted by atomic mass is 15.1. The predicted molar refractivity (Wildman–Crippen MR) is 101 cm³/mol. The number of likely N-dealkylation sites (tertiary alicyclic amines) is 1. The van der Waals surface area contributed by atoms with Crippen LogP contribution in [0.1, 0.15) is 50.2 Å². The van der Waals surface area contributed by atoms with Crippen molar-refractivity contribution >= 4 is 0 Å². The Kier molecular flexibility index (Phi) is 8.47. The zero-order chi connectivity index (χ0) is 17.0. The van der Waals surface area contributed by atoms with Crippen molar-refractivity contribution in [3.63, 3.8) is 0 Å². The Labute approximate surface area is 147 Å². The molecule has 0 amide bonds. The average molecular weight is 326 g/mol. The molecule has 0 aliphatic carbocycles. The average Bonchev–Trinajstić information content (AvgIpc) is 2.68. The van der Waals surface area contributed by atoms with E-state index in [1.165, 1.54) is 37.9 Å². The Morgan fingerprint density at radius 1 is 0.875 bits per heavy atom. The van der Waals surface area contributed by atoms with Crippen molar-refractivity contribution in [3.05, 3.63) is 59.7 Å². The molecule has 3 rings (SSSR count). The van der Waals surface area contributed by atoms with Gasteiger partial charge in [-0.2, -0.15) is 0 Å². The standard InChI is InChI=1S/C19H25N3.C2H6/c1-3-7-17(8-4-1)9-10-18-11-13-20-19(21-18)12-16-22-14-5-2-6-15-22;1-2/h1,3-4,7-8,11,13H,2,5-6,9-10,12,14-16H2;1-2H3. The van der Waals surface area contributed by atoms with Gasteiger partial charge in [0.15, 0.2) is 0 Å². The molecule has 2 heterocycles. The minimum Gasteiger partial charge on any atom is -0.303 e. The van der Waals surface area contributed by atoms with E-state index in [-0.39, 0.29) is 0 Å². The number of piperidine rings is 1. The molecule has 1 fully saturated rings. The molecule has 24 heavy (non-hydrogen) atoms. The van der Waals surface area contributed by atoms with Gasteiger partial charge in [-0.3, -0.25) is 0 Å². The lowest BCUT2D eigenvalue weighted by Crippen LogP contribution is -2.31. The summed E-state index contributed by atoms with van der Waals surface area (Å²) in [5.41, 5.74) is 2.53. The van der Waals surface area contributed by atoms with Crippen LogP contribution in [0.2, 0.25) is 0 Å². The third-order valence-electron chi connectivity index (χ3n) is 4.38. The predicted octanol–water partition coefficient (Wildman–Crippen LogP) is 4.32. The number of hydrogen-bond donors (Lipinski definition) is 0. The van der Waals surface area contributed by atoms with Gasteiger partial charge in [-0.05, 0) is 50.4 Å². The van der Waals surface area contributed by atoms with E-state index in [2.05, 4.69) is 40.2 Å². The number of aryl methyl sites for hydroxylation is 2. The maximum absolute atomic E-state index is 4.73. The summed E-state index contributed by atoms with van der Waals surface area (Å²) in [6.07, 6.45) is 9.00. The van der Waals surface area contributed by atoms with E-state index >= 15 is 0 Å². The fourth-order valence-electron chi connectivity index (χ4n) is 3.06. The van der Waals surface area contributed by atoms with Gasteiger partial charge in [-0.25, -0.2) is 9.97 Å². The van der Waals surface area contributed by atoms with Crippen LogP contribution in [-0.4, -0.2) is 34.5 Å². The summed E-state index contributed by atoms with van der Waals surface area (Å²) in [6, 6.07) is 12.7. The topological polar surface area (TPSA) is 29.0 Å². The number of hydrogen-bond acceptors (Lipinski definition) is 3. The Bertz CT molecular complexity index is 562. The van der Waals surface area contributed by atoms with Crippen molar-refractivity contribution in [1.29, 1.82) is 0 Å². The fraction of sp³-hybridized carbons (Fsp3) is 0.524. The molecule has 0 unspecified atom stereocenters. The van der Waals surface area contributed by atoms with Crippen LogP contribution < -0.4 is 0 Å². The Morgan fingerprint density at radius 3 is 2.38 bits per heavy atom. The van der Waals surface area contributed by atoms with Crippen molar-refractivity contribution in [2.24, 2.45) is 0 Å². The molecule has 0 N–H and O–H groups in total. The fourth-order valence-corrected chi connectivity index (χ4v) is 3.06. The lowest BCUT2D eigenvalue weighted by Gasteiger charge is -2.25. The maximum atomic E-state index is 4.73. The zero-order valence-corrected chi connectivity index (χ0v) is 15.2. The first-order valence-electron chi connectivity index (χ1n) is 9.47. The van der Waals surface area contributed by atoms with Crippen molar-refractivity contribution in [2.45, 2.75) is 52.4 Å². The summed E-state index contributed by atoms with van der Waals surface area (Å²) in [7, 11) is 0. The van der Waals surface area contributed by atoms with Crippen LogP contribution >= 0.6 is 0 Å². The van der Waals surface area contributed by atoms with E-state index < -0.39 is 0 Å². The van der Waals surface area contributed by atoms with Gasteiger partial charge in [0.25, 0.3) is 0 Å². The molecule has 1 aliphatic heterocycles. The third-order valence-corrected chi connectivity index (χ3v) is 4.38. The van der Waals surface area contributed by atoms with Gasteiger partial charge in [-0.1, -0.05) is 50.6 Å². The van der Waals surface area contributed by atoms with Crippen molar-refractivity contribution in [3.8, 4) is 0 Å². The molecule has 130 valence electrons. The summed E-state index contributed by atoms with van der Waals surface area (Å²) in [5, 5.41) is 0. The van der Waals surface area contributed by atoms with Crippen molar-refractivity contribution in [1.82, 2.24) is 14.9 Å². The van der Waals surface area contributed by atoms with E-state index in [1.807, 2.05) is 26.1 Å². The number of aromatic nitrogens is 2. The number of nitrogens with zero attached hydrogens (tertiary/aromatic N) is 3. The normalized spacial score (nSPS) is 14.8. The summed E-state index contributed by atoms with van der Waals surface area (Å²) in [5.74, 6) is 0.996. The first kappa shape index (κ1) is 18.6. The molecular weight excluding hydrogens is 294 g/mol. The quantitative estimate of drug-likeness (QED) is 0.792. The first-order valence-corrected chi connectivity index (χ1v) is 9.47. The second-order valence-electron chi connectivity index (χ2n) is 6.10. The molecule has 0 spiro atoms. The maximum Gasteiger partial charge on any atom is 0.129 e. The van der Waals surface area contributed by atoms with Crippen LogP contribution in [0.3, 0.4) is 0 Å². The van der Waals surface area contributed by atoms with E-state index in [0.29, 0.717) is 0 Å². The second kappa shape index (κ2) is 10.9. The smallest absolute Gasteiger partial charge is 0.129 e. The third kappa shape index (κ3) is 6.40. The Morgan fingerprint density at radius 2 is 1.62 bits per heavy atom. The second-order valence-corrected chi connectivity index (χ2v) is 6.10. The lowest BCUT2D eigenvalue weighted by molar-refractivity contribution is 0.230. The monoisotopic (exact) mass is 325 g/mol. The van der Waals surface area contributed by atoms with E-state index in [4.69, 9.17) is 4.98 Å². The Hall–Kier alpha value is -1.74. The highest BCUT2D eigenvalue weighted by Crippen LogP contribution is 2.09. The molecule has 1 aliphatic rings. The van der Waals surface area contributed by atoms with Crippen LogP contribution in [0.25, 0.3) is 0 Å². The summed E-state index contributed by atoms with van der Waals surface area (Å²) in [6.45, 7) is 7.59. The lowest BCUT2D eigenvalue weighted by atomic mass is 10.1. The highest BCUT2D eigenvalue weighted by molar-refractivity contribution is 5.16. The van der Waals surface area contributed by atoms with Gasteiger partial charge >= 0.3 is 0 Å². The van der Waals surface area contributed by atoms with Crippen LogP contribution in [0, 0.1) is 0 Å². The number of rotatable bonds is 6. The molecule has 3 heteroatoms. The first-order chi connectivity index (χ1) is 11.9. The van der Waals surface area contributed by atoms with Gasteiger partial charge < -0.3 is 4.90 Å². The molecule has 0 saturated carbocycles. The van der Waals surface area contributed by atoms with Crippen LogP contribution in [0.4, 0.5) is 0 Å². The van der Waals surface area contributed by atoms with Crippen LogP contribution in [0.5, 0.6) is 0 Å². The van der Waals surface area contributed by atoms with Gasteiger partial charge in [0.05, 0.1) is 0 Å². The van der Waals surface area contributed by atoms with Gasteiger partial charge in [0.1, 0.15) is 5.82 Å². The molecule has 2 aromatic rings. The van der Waals surface area contributed by atoms with Gasteiger partial charge in [-0.15, -0.1) is 0 Å². The van der Waals surface area contributed by atoms with E-state index in [9.17, 15) is 0 Å². The molecule has 1 aromatic carbocycles. The van der Waals surface area contributed by atoms with Crippen molar-refractivity contribution in [2.75, 3.05) is 19.6 Å². The summed E-state index contributed by atoms with van der Waals surface area (Å²) >= 11 is 0. The van der Waals surface area contributed by atoms with Gasteiger partial charge in [0, 0.05) is 24.9 Å². The molecule has 3 nitrogen and oxygen atoms in total. The minimum atomic E-state index is 0.971. The van der Waals surface area contributed by atoms with E-state index in [1.54, 1.807) is 0 Å². The number of benzene rings is 1. The molecule has 0 atom stereocenters. The highest BCUT2D eigenvalue weighted by Gasteiger charge is 2.10. The molecule has 1 saturated heterocycles. The van der Waals surface area contributed by atoms with Crippen molar-refractivity contribution < 1.29 is 0 Å². The van der Waals surface area contributed by atoms with Gasteiger partial charge in [0.2, 0.25) is 0 Å². The molecule has 0 bridgehead atoms.